The molecule has 1 aromatic carbocycles. The molecule has 0 spiro atoms. The molecule has 0 saturated carbocycles. The van der Waals surface area contributed by atoms with Gasteiger partial charge in [-0.15, -0.1) is 0 Å². The molecule has 6 nitrogen and oxygen atoms in total. The molecule has 2 atom stereocenters. The van der Waals surface area contributed by atoms with Gasteiger partial charge in [0, 0.05) is 19.5 Å². The van der Waals surface area contributed by atoms with Gasteiger partial charge in [0.25, 0.3) is 0 Å². The minimum absolute atomic E-state index is 0.0767. The first-order valence-electron chi connectivity index (χ1n) is 8.14. The molecule has 1 aliphatic heterocycles. The van der Waals surface area contributed by atoms with Crippen LogP contribution in [0.3, 0.4) is 0 Å². The van der Waals surface area contributed by atoms with E-state index in [4.69, 9.17) is 5.11 Å². The van der Waals surface area contributed by atoms with Crippen molar-refractivity contribution < 1.29 is 19.5 Å². The lowest BCUT2D eigenvalue weighted by atomic mass is 10.0. The summed E-state index contributed by atoms with van der Waals surface area (Å²) in [7, 11) is 0. The maximum Gasteiger partial charge on any atom is 0.326 e. The van der Waals surface area contributed by atoms with Crippen LogP contribution in [-0.2, 0) is 20.9 Å². The molecule has 1 fully saturated rings. The zero-order valence-electron chi connectivity index (χ0n) is 14.3. The first-order chi connectivity index (χ1) is 11.3. The van der Waals surface area contributed by atoms with E-state index >= 15 is 0 Å². The van der Waals surface area contributed by atoms with E-state index < -0.39 is 17.9 Å². The molecular weight excluding hydrogens is 308 g/mol. The van der Waals surface area contributed by atoms with Crippen LogP contribution in [0.2, 0.25) is 0 Å². The summed E-state index contributed by atoms with van der Waals surface area (Å²) >= 11 is 0. The molecule has 130 valence electrons. The van der Waals surface area contributed by atoms with Crippen LogP contribution in [0.25, 0.3) is 0 Å². The summed E-state index contributed by atoms with van der Waals surface area (Å²) in [4.78, 5) is 37.3. The number of aliphatic carboxylic acids is 1. The fourth-order valence-corrected chi connectivity index (χ4v) is 2.80. The number of nitrogens with one attached hydrogen (secondary N) is 1. The van der Waals surface area contributed by atoms with E-state index in [1.165, 1.54) is 0 Å². The van der Waals surface area contributed by atoms with Crippen molar-refractivity contribution in [3.05, 3.63) is 35.4 Å². The average molecular weight is 332 g/mol. The highest BCUT2D eigenvalue weighted by molar-refractivity contribution is 5.91. The first kappa shape index (κ1) is 18.0. The number of hydrogen-bond acceptors (Lipinski definition) is 3. The summed E-state index contributed by atoms with van der Waals surface area (Å²) < 4.78 is 0. The molecule has 6 heteroatoms. The van der Waals surface area contributed by atoms with Crippen LogP contribution in [-0.4, -0.2) is 40.4 Å². The van der Waals surface area contributed by atoms with Crippen LogP contribution in [0.5, 0.6) is 0 Å². The molecule has 1 unspecified atom stereocenters. The van der Waals surface area contributed by atoms with Gasteiger partial charge in [-0.05, 0) is 18.4 Å². The molecule has 1 heterocycles. The normalized spacial score (nSPS) is 18.8. The third kappa shape index (κ3) is 4.34. The lowest BCUT2D eigenvalue weighted by Crippen LogP contribution is -2.47. The average Bonchev–Trinajstić information content (AvgIpc) is 2.87. The third-order valence-corrected chi connectivity index (χ3v) is 4.31. The number of benzene rings is 1. The van der Waals surface area contributed by atoms with Crippen molar-refractivity contribution in [3.8, 4) is 0 Å². The Morgan fingerprint density at radius 1 is 1.29 bits per heavy atom. The smallest absolute Gasteiger partial charge is 0.326 e. The van der Waals surface area contributed by atoms with Crippen molar-refractivity contribution in [2.24, 2.45) is 11.8 Å². The lowest BCUT2D eigenvalue weighted by Gasteiger charge is -2.20. The Labute approximate surface area is 141 Å². The first-order valence-corrected chi connectivity index (χ1v) is 8.14. The molecule has 2 amide bonds. The second-order valence-corrected chi connectivity index (χ2v) is 6.73. The Bertz CT molecular complexity index is 624. The number of aryl methyl sites for hydroxylation is 1. The molecular formula is C18H24N2O4. The van der Waals surface area contributed by atoms with Crippen LogP contribution >= 0.6 is 0 Å². The number of carboxylic acids is 1. The highest BCUT2D eigenvalue weighted by Crippen LogP contribution is 2.21. The fraction of sp³-hybridized carbons (Fsp3) is 0.500. The van der Waals surface area contributed by atoms with Crippen molar-refractivity contribution >= 4 is 17.8 Å². The minimum Gasteiger partial charge on any atom is -0.480 e. The summed E-state index contributed by atoms with van der Waals surface area (Å²) in [5.74, 6) is -2.21. The van der Waals surface area contributed by atoms with Gasteiger partial charge in [-0.25, -0.2) is 4.79 Å². The molecule has 2 rings (SSSR count). The highest BCUT2D eigenvalue weighted by atomic mass is 16.4. The summed E-state index contributed by atoms with van der Waals surface area (Å²) in [5.41, 5.74) is 2.16. The fourth-order valence-electron chi connectivity index (χ4n) is 2.80. The summed E-state index contributed by atoms with van der Waals surface area (Å²) in [6, 6.07) is 6.98. The summed E-state index contributed by atoms with van der Waals surface area (Å²) in [6.07, 6.45) is 0.127. The van der Waals surface area contributed by atoms with Gasteiger partial charge in [0.1, 0.15) is 6.04 Å². The molecule has 0 aliphatic carbocycles. The Balaban J connectivity index is 1.97. The maximum atomic E-state index is 12.3. The minimum atomic E-state index is -1.06. The SMILES string of the molecule is Cc1ccc(CN2CC(C(=O)N[C@@H](C(=O)O)C(C)C)CC2=O)cc1. The standard InChI is InChI=1S/C18H24N2O4/c1-11(2)16(18(23)24)19-17(22)14-8-15(21)20(10-14)9-13-6-4-12(3)5-7-13/h4-7,11,14,16H,8-10H2,1-3H3,(H,19,22)(H,23,24)/t14?,16-/m1/s1. The molecule has 2 N–H and O–H groups in total. The number of carbonyl (C=O) groups excluding carboxylic acids is 2. The lowest BCUT2D eigenvalue weighted by molar-refractivity contribution is -0.143. The number of hydrogen-bond donors (Lipinski definition) is 2. The number of carboxylic acid groups (broad SMARTS) is 1. The van der Waals surface area contributed by atoms with Crippen molar-refractivity contribution in [3.63, 3.8) is 0 Å². The topological polar surface area (TPSA) is 86.7 Å². The van der Waals surface area contributed by atoms with Crippen molar-refractivity contribution in [1.82, 2.24) is 10.2 Å². The number of amides is 2. The van der Waals surface area contributed by atoms with Crippen LogP contribution < -0.4 is 5.32 Å². The molecule has 0 aromatic heterocycles. The van der Waals surface area contributed by atoms with Gasteiger partial charge in [0.05, 0.1) is 5.92 Å². The van der Waals surface area contributed by atoms with E-state index in [2.05, 4.69) is 5.32 Å². The second-order valence-electron chi connectivity index (χ2n) is 6.73. The Kier molecular flexibility index (Phi) is 5.59. The van der Waals surface area contributed by atoms with E-state index in [0.29, 0.717) is 13.1 Å². The number of carbonyl (C=O) groups is 3. The zero-order chi connectivity index (χ0) is 17.9. The highest BCUT2D eigenvalue weighted by Gasteiger charge is 2.36. The Morgan fingerprint density at radius 2 is 1.92 bits per heavy atom. The quantitative estimate of drug-likeness (QED) is 0.828. The van der Waals surface area contributed by atoms with Gasteiger partial charge in [-0.2, -0.15) is 0 Å². The van der Waals surface area contributed by atoms with Crippen molar-refractivity contribution in [2.45, 2.75) is 39.8 Å². The van der Waals surface area contributed by atoms with Gasteiger partial charge in [-0.3, -0.25) is 9.59 Å². The van der Waals surface area contributed by atoms with Gasteiger partial charge < -0.3 is 15.3 Å². The van der Waals surface area contributed by atoms with Crippen LogP contribution in [0.1, 0.15) is 31.4 Å². The summed E-state index contributed by atoms with van der Waals surface area (Å²) in [5, 5.41) is 11.7. The van der Waals surface area contributed by atoms with E-state index in [1.807, 2.05) is 31.2 Å². The van der Waals surface area contributed by atoms with Gasteiger partial charge in [-0.1, -0.05) is 43.7 Å². The third-order valence-electron chi connectivity index (χ3n) is 4.31. The second kappa shape index (κ2) is 7.47. The maximum absolute atomic E-state index is 12.3. The van der Waals surface area contributed by atoms with Crippen molar-refractivity contribution in [2.75, 3.05) is 6.54 Å². The predicted molar refractivity (Wildman–Crippen MR) is 89.1 cm³/mol. The van der Waals surface area contributed by atoms with Gasteiger partial charge in [0.2, 0.25) is 11.8 Å². The van der Waals surface area contributed by atoms with E-state index in [9.17, 15) is 14.4 Å². The van der Waals surface area contributed by atoms with Crippen LogP contribution in [0.15, 0.2) is 24.3 Å². The van der Waals surface area contributed by atoms with Crippen LogP contribution in [0, 0.1) is 18.8 Å². The number of rotatable bonds is 6. The molecule has 1 aliphatic rings. The largest absolute Gasteiger partial charge is 0.480 e. The monoisotopic (exact) mass is 332 g/mol. The van der Waals surface area contributed by atoms with E-state index in [-0.39, 0.29) is 24.2 Å². The zero-order valence-corrected chi connectivity index (χ0v) is 14.3. The Morgan fingerprint density at radius 3 is 2.46 bits per heavy atom. The number of nitrogens with zero attached hydrogens (tertiary/aromatic N) is 1. The molecule has 0 radical (unpaired) electrons. The summed E-state index contributed by atoms with van der Waals surface area (Å²) in [6.45, 7) is 6.27. The Hall–Kier alpha value is -2.37. The van der Waals surface area contributed by atoms with Crippen molar-refractivity contribution in [1.29, 1.82) is 0 Å². The van der Waals surface area contributed by atoms with Gasteiger partial charge >= 0.3 is 5.97 Å². The molecule has 1 saturated heterocycles. The predicted octanol–water partition coefficient (Wildman–Crippen LogP) is 1.57. The van der Waals surface area contributed by atoms with E-state index in [1.54, 1.807) is 18.7 Å². The molecule has 0 bridgehead atoms. The molecule has 24 heavy (non-hydrogen) atoms. The number of likely N-dealkylation sites (tertiary alicyclic amines) is 1. The van der Waals surface area contributed by atoms with Gasteiger partial charge in [0.15, 0.2) is 0 Å². The van der Waals surface area contributed by atoms with Crippen LogP contribution in [0.4, 0.5) is 0 Å². The van der Waals surface area contributed by atoms with E-state index in [0.717, 1.165) is 11.1 Å². The molecule has 1 aromatic rings.